The second-order valence-corrected chi connectivity index (χ2v) is 10.3. The Labute approximate surface area is 187 Å². The zero-order valence-electron chi connectivity index (χ0n) is 18.2. The van der Waals surface area contributed by atoms with Crippen molar-refractivity contribution in [3.8, 4) is 0 Å². The van der Waals surface area contributed by atoms with Crippen molar-refractivity contribution in [2.24, 2.45) is 0 Å². The number of fused-ring (bicyclic) bond motifs is 3. The third-order valence-electron chi connectivity index (χ3n) is 5.89. The summed E-state index contributed by atoms with van der Waals surface area (Å²) in [6.07, 6.45) is 0.710. The molecule has 0 atom stereocenters. The van der Waals surface area contributed by atoms with Crippen LogP contribution in [-0.4, -0.2) is 58.5 Å². The molecule has 0 amide bonds. The summed E-state index contributed by atoms with van der Waals surface area (Å²) < 4.78 is 29.9. The van der Waals surface area contributed by atoms with E-state index in [1.54, 1.807) is 28.6 Å². The average molecular weight is 451 g/mol. The summed E-state index contributed by atoms with van der Waals surface area (Å²) in [5.41, 5.74) is 1.64. The van der Waals surface area contributed by atoms with Gasteiger partial charge in [0, 0.05) is 37.5 Å². The molecule has 4 aromatic rings. The van der Waals surface area contributed by atoms with E-state index in [1.807, 2.05) is 34.7 Å². The van der Waals surface area contributed by atoms with Crippen LogP contribution in [-0.2, 0) is 10.0 Å². The molecule has 5 rings (SSSR count). The number of aromatic nitrogens is 4. The quantitative estimate of drug-likeness (QED) is 0.474. The lowest BCUT2D eigenvalue weighted by molar-refractivity contribution is 0.433. The number of anilines is 1. The van der Waals surface area contributed by atoms with E-state index in [0.29, 0.717) is 37.5 Å². The van der Waals surface area contributed by atoms with Crippen LogP contribution in [0, 0.1) is 0 Å². The van der Waals surface area contributed by atoms with Crippen LogP contribution >= 0.6 is 0 Å². The van der Waals surface area contributed by atoms with Crippen molar-refractivity contribution < 1.29 is 8.42 Å². The third-order valence-corrected chi connectivity index (χ3v) is 7.80. The molecule has 1 saturated heterocycles. The summed E-state index contributed by atoms with van der Waals surface area (Å²) in [7, 11) is -3.52. The van der Waals surface area contributed by atoms with Gasteiger partial charge in [-0.15, -0.1) is 10.2 Å². The van der Waals surface area contributed by atoms with Gasteiger partial charge in [-0.2, -0.15) is 4.31 Å². The lowest BCUT2D eigenvalue weighted by Crippen LogP contribution is -2.36. The van der Waals surface area contributed by atoms with Crippen molar-refractivity contribution >= 4 is 32.5 Å². The second kappa shape index (κ2) is 8.14. The van der Waals surface area contributed by atoms with Crippen molar-refractivity contribution in [2.75, 3.05) is 31.1 Å². The second-order valence-electron chi connectivity index (χ2n) is 8.36. The summed E-state index contributed by atoms with van der Waals surface area (Å²) in [4.78, 5) is 7.47. The van der Waals surface area contributed by atoms with Crippen LogP contribution < -0.4 is 4.90 Å². The smallest absolute Gasteiger partial charge is 0.243 e. The predicted octanol–water partition coefficient (Wildman–Crippen LogP) is 3.30. The van der Waals surface area contributed by atoms with E-state index >= 15 is 0 Å². The molecule has 2 aromatic carbocycles. The Bertz CT molecular complexity index is 1370. The van der Waals surface area contributed by atoms with Gasteiger partial charge in [0.2, 0.25) is 16.0 Å². The topological polar surface area (TPSA) is 83.7 Å². The molecule has 0 saturated carbocycles. The maximum absolute atomic E-state index is 13.1. The van der Waals surface area contributed by atoms with Gasteiger partial charge >= 0.3 is 0 Å². The lowest BCUT2D eigenvalue weighted by atomic mass is 10.2. The Morgan fingerprint density at radius 3 is 2.41 bits per heavy atom. The Hall–Kier alpha value is -3.04. The molecule has 0 N–H and O–H groups in total. The summed E-state index contributed by atoms with van der Waals surface area (Å²) in [5.74, 6) is 1.80. The highest BCUT2D eigenvalue weighted by molar-refractivity contribution is 7.89. The number of rotatable bonds is 4. The molecular weight excluding hydrogens is 424 g/mol. The standard InChI is InChI=1S/C23H26N6O2S/c1-17(2)21-25-26-22-19-11-6-7-12-20(19)24-23(29(21)22)27-13-8-14-28(16-15-27)32(30,31)18-9-4-3-5-10-18/h3-7,9-12,17H,8,13-16H2,1-2H3. The van der Waals surface area contributed by atoms with Gasteiger partial charge in [-0.1, -0.05) is 44.2 Å². The van der Waals surface area contributed by atoms with Crippen LogP contribution in [0.15, 0.2) is 59.5 Å². The molecule has 32 heavy (non-hydrogen) atoms. The average Bonchev–Trinajstić information content (AvgIpc) is 3.10. The normalized spacial score (nSPS) is 16.2. The molecule has 0 unspecified atom stereocenters. The van der Waals surface area contributed by atoms with Gasteiger partial charge in [0.1, 0.15) is 5.82 Å². The van der Waals surface area contributed by atoms with E-state index in [2.05, 4.69) is 28.9 Å². The first-order valence-corrected chi connectivity index (χ1v) is 12.3. The van der Waals surface area contributed by atoms with Crippen molar-refractivity contribution in [3.63, 3.8) is 0 Å². The molecule has 0 radical (unpaired) electrons. The highest BCUT2D eigenvalue weighted by atomic mass is 32.2. The fourth-order valence-electron chi connectivity index (χ4n) is 4.25. The summed E-state index contributed by atoms with van der Waals surface area (Å²) in [5, 5.41) is 9.90. The van der Waals surface area contributed by atoms with Crippen LogP contribution in [0.3, 0.4) is 0 Å². The van der Waals surface area contributed by atoms with Crippen LogP contribution in [0.4, 0.5) is 5.95 Å². The number of para-hydroxylation sites is 1. The highest BCUT2D eigenvalue weighted by Gasteiger charge is 2.28. The van der Waals surface area contributed by atoms with Gasteiger partial charge in [0.25, 0.3) is 0 Å². The molecule has 1 aliphatic rings. The molecule has 0 spiro atoms. The molecular formula is C23H26N6O2S. The molecule has 2 aromatic heterocycles. The molecule has 8 nitrogen and oxygen atoms in total. The van der Waals surface area contributed by atoms with Crippen LogP contribution in [0.1, 0.15) is 32.0 Å². The van der Waals surface area contributed by atoms with E-state index in [9.17, 15) is 8.42 Å². The summed E-state index contributed by atoms with van der Waals surface area (Å²) >= 11 is 0. The predicted molar refractivity (Wildman–Crippen MR) is 124 cm³/mol. The van der Waals surface area contributed by atoms with Crippen LogP contribution in [0.2, 0.25) is 0 Å². The van der Waals surface area contributed by atoms with E-state index in [1.165, 1.54) is 0 Å². The van der Waals surface area contributed by atoms with Gasteiger partial charge < -0.3 is 4.90 Å². The fourth-order valence-corrected chi connectivity index (χ4v) is 5.74. The van der Waals surface area contributed by atoms with E-state index < -0.39 is 10.0 Å². The van der Waals surface area contributed by atoms with Gasteiger partial charge in [0.05, 0.1) is 10.4 Å². The van der Waals surface area contributed by atoms with E-state index in [-0.39, 0.29) is 5.92 Å². The minimum absolute atomic E-state index is 0.175. The number of nitrogens with zero attached hydrogens (tertiary/aromatic N) is 6. The first-order valence-electron chi connectivity index (χ1n) is 10.9. The maximum atomic E-state index is 13.1. The molecule has 3 heterocycles. The molecule has 1 fully saturated rings. The Morgan fingerprint density at radius 2 is 1.62 bits per heavy atom. The Balaban J connectivity index is 1.54. The lowest BCUT2D eigenvalue weighted by Gasteiger charge is -2.24. The number of hydrogen-bond acceptors (Lipinski definition) is 6. The Morgan fingerprint density at radius 1 is 0.875 bits per heavy atom. The van der Waals surface area contributed by atoms with Gasteiger partial charge in [-0.25, -0.2) is 17.8 Å². The highest BCUT2D eigenvalue weighted by Crippen LogP contribution is 2.28. The maximum Gasteiger partial charge on any atom is 0.243 e. The van der Waals surface area contributed by atoms with Crippen molar-refractivity contribution in [3.05, 3.63) is 60.4 Å². The summed E-state index contributed by atoms with van der Waals surface area (Å²) in [6.45, 7) is 6.30. The van der Waals surface area contributed by atoms with Crippen LogP contribution in [0.25, 0.3) is 16.6 Å². The van der Waals surface area contributed by atoms with Gasteiger partial charge in [-0.3, -0.25) is 0 Å². The number of sulfonamides is 1. The Kier molecular flexibility index (Phi) is 5.30. The minimum atomic E-state index is -3.52. The fraction of sp³-hybridized carbons (Fsp3) is 0.348. The minimum Gasteiger partial charge on any atom is -0.340 e. The largest absolute Gasteiger partial charge is 0.340 e. The monoisotopic (exact) mass is 450 g/mol. The van der Waals surface area contributed by atoms with Crippen LogP contribution in [0.5, 0.6) is 0 Å². The SMILES string of the molecule is CC(C)c1nnc2c3ccccc3nc(N3CCCN(S(=O)(=O)c4ccccc4)CC3)n12. The molecule has 9 heteroatoms. The van der Waals surface area contributed by atoms with Crippen molar-refractivity contribution in [1.82, 2.24) is 23.9 Å². The van der Waals surface area contributed by atoms with E-state index in [0.717, 1.165) is 28.3 Å². The third kappa shape index (κ3) is 3.51. The summed E-state index contributed by atoms with van der Waals surface area (Å²) in [6, 6.07) is 16.6. The number of hydrogen-bond donors (Lipinski definition) is 0. The first kappa shape index (κ1) is 20.8. The molecule has 1 aliphatic heterocycles. The van der Waals surface area contributed by atoms with E-state index in [4.69, 9.17) is 4.98 Å². The van der Waals surface area contributed by atoms with Crippen molar-refractivity contribution in [2.45, 2.75) is 31.1 Å². The first-order chi connectivity index (χ1) is 15.5. The zero-order valence-corrected chi connectivity index (χ0v) is 19.0. The molecule has 0 bridgehead atoms. The van der Waals surface area contributed by atoms with Gasteiger partial charge in [-0.05, 0) is 30.7 Å². The molecule has 0 aliphatic carbocycles. The number of benzene rings is 2. The molecule has 166 valence electrons. The zero-order chi connectivity index (χ0) is 22.3. The van der Waals surface area contributed by atoms with Gasteiger partial charge in [0.15, 0.2) is 5.65 Å². The van der Waals surface area contributed by atoms with Crippen molar-refractivity contribution in [1.29, 1.82) is 0 Å².